The van der Waals surface area contributed by atoms with Gasteiger partial charge in [-0.1, -0.05) is 60.7 Å². The lowest BCUT2D eigenvalue weighted by Gasteiger charge is -2.33. The number of carbonyl (C=O) groups is 7. The zero-order valence-corrected chi connectivity index (χ0v) is 53.7. The van der Waals surface area contributed by atoms with Crippen molar-refractivity contribution in [2.75, 3.05) is 58.9 Å². The number of hydrogen-bond donors (Lipinski definition) is 4. The van der Waals surface area contributed by atoms with Crippen LogP contribution in [-0.2, 0) is 66.6 Å². The number of H-pyrrole nitrogens is 1. The van der Waals surface area contributed by atoms with Crippen LogP contribution in [0.2, 0.25) is 0 Å². The van der Waals surface area contributed by atoms with E-state index in [-0.39, 0.29) is 42.8 Å². The Hall–Kier alpha value is -9.71. The number of nitrogens with zero attached hydrogens (tertiary/aromatic N) is 15. The number of aryl methyl sites for hydroxylation is 4. The summed E-state index contributed by atoms with van der Waals surface area (Å²) < 4.78 is 24.5. The smallest absolute Gasteiger partial charge is 0.436 e. The lowest BCUT2D eigenvalue weighted by molar-refractivity contribution is 0.0250. The molecule has 6 aromatic heterocycles. The molecule has 2 atom stereocenters. The van der Waals surface area contributed by atoms with Gasteiger partial charge in [0.05, 0.1) is 67.5 Å². The van der Waals surface area contributed by atoms with Gasteiger partial charge in [0.15, 0.2) is 11.5 Å². The molecule has 480 valence electrons. The molecule has 0 saturated carbocycles. The molecule has 0 aliphatic carbocycles. The van der Waals surface area contributed by atoms with Crippen molar-refractivity contribution in [3.63, 3.8) is 0 Å². The molecule has 0 unspecified atom stereocenters. The van der Waals surface area contributed by atoms with E-state index >= 15 is 0 Å². The fraction of sp³-hybridized carbons (Fsp3) is 0.373. The van der Waals surface area contributed by atoms with Crippen LogP contribution in [0.25, 0.3) is 0 Å². The monoisotopic (exact) mass is 1280 g/mol. The first-order valence-corrected chi connectivity index (χ1v) is 28.5. The Morgan fingerprint density at radius 3 is 1.40 bits per heavy atom. The maximum Gasteiger partial charge on any atom is 0.436 e. The summed E-state index contributed by atoms with van der Waals surface area (Å²) in [4.78, 5) is 104. The van der Waals surface area contributed by atoms with E-state index in [1.807, 2.05) is 126 Å². The van der Waals surface area contributed by atoms with Crippen LogP contribution in [0.4, 0.5) is 26.0 Å². The molecule has 8 aromatic rings. The summed E-state index contributed by atoms with van der Waals surface area (Å²) in [7, 11) is 14.8. The van der Waals surface area contributed by atoms with Crippen LogP contribution in [0.3, 0.4) is 0 Å². The van der Waals surface area contributed by atoms with Gasteiger partial charge in [0, 0.05) is 77.2 Å². The Kier molecular flexibility index (Phi) is 23.5. The number of aromatic nitrogens is 12. The predicted molar refractivity (Wildman–Crippen MR) is 331 cm³/mol. The molecule has 8 heterocycles. The minimum atomic E-state index is -0.990. The summed E-state index contributed by atoms with van der Waals surface area (Å²) in [5.74, 6) is -0.786. The molecule has 3 amide bonds. The Morgan fingerprint density at radius 2 is 1.04 bits per heavy atom. The second-order valence-corrected chi connectivity index (χ2v) is 22.8. The SMILES string of the molecule is CCOC(=O)n1nc2c(c1N)CN(C(=O)O[C@H](CN(C)C)c1ccccc1)C2(C)C.CN(C)C[C@@H](OC(=O)N1Cc2c(NC(=O)c3cn(C)cn3)n[nH]c2C1(C)C)c1ccccc1.Cn1cnc(C(=O)Cl)c1.Cn1cnc(C(=O)Cl)c1.Cn1cnc(C(=O)O)c1. The van der Waals surface area contributed by atoms with Crippen LogP contribution in [-0.4, -0.2) is 171 Å². The predicted octanol–water partition coefficient (Wildman–Crippen LogP) is 7.56. The van der Waals surface area contributed by atoms with Crippen molar-refractivity contribution >= 4 is 75.5 Å². The third-order valence-corrected chi connectivity index (χ3v) is 14.1. The van der Waals surface area contributed by atoms with Gasteiger partial charge in [0.25, 0.3) is 16.4 Å². The van der Waals surface area contributed by atoms with Gasteiger partial charge < -0.3 is 58.4 Å². The van der Waals surface area contributed by atoms with Crippen molar-refractivity contribution in [1.29, 1.82) is 0 Å². The first-order chi connectivity index (χ1) is 42.4. The summed E-state index contributed by atoms with van der Waals surface area (Å²) in [5.41, 5.74) is 10.2. The van der Waals surface area contributed by atoms with E-state index in [0.717, 1.165) is 27.1 Å². The summed E-state index contributed by atoms with van der Waals surface area (Å²) in [6, 6.07) is 19.3. The maximum atomic E-state index is 13.3. The van der Waals surface area contributed by atoms with Gasteiger partial charge in [0.1, 0.15) is 35.1 Å². The normalized spacial score (nSPS) is 13.7. The molecule has 0 saturated heterocycles. The number of rotatable bonds is 14. The number of aromatic amines is 1. The van der Waals surface area contributed by atoms with Crippen molar-refractivity contribution in [1.82, 2.24) is 77.8 Å². The first-order valence-electron chi connectivity index (χ1n) is 27.8. The van der Waals surface area contributed by atoms with Crippen LogP contribution < -0.4 is 11.1 Å². The van der Waals surface area contributed by atoms with Crippen LogP contribution >= 0.6 is 23.2 Å². The number of benzene rings is 2. The zero-order chi connectivity index (χ0) is 66.4. The van der Waals surface area contributed by atoms with Crippen molar-refractivity contribution < 1.29 is 52.9 Å². The number of imidazole rings is 4. The highest BCUT2D eigenvalue weighted by Crippen LogP contribution is 2.43. The number of nitrogens with one attached hydrogen (secondary N) is 2. The molecule has 0 spiro atoms. The molecule has 0 bridgehead atoms. The Labute approximate surface area is 529 Å². The van der Waals surface area contributed by atoms with Crippen molar-refractivity contribution in [2.45, 2.75) is 71.0 Å². The highest BCUT2D eigenvalue weighted by atomic mass is 35.5. The van der Waals surface area contributed by atoms with Gasteiger partial charge in [-0.25, -0.2) is 39.1 Å². The van der Waals surface area contributed by atoms with Crippen molar-refractivity contribution in [3.05, 3.63) is 167 Å². The van der Waals surface area contributed by atoms with Crippen molar-refractivity contribution in [2.24, 2.45) is 28.2 Å². The molecule has 31 heteroatoms. The number of amides is 3. The average molecular weight is 1280 g/mol. The van der Waals surface area contributed by atoms with E-state index < -0.39 is 58.0 Å². The van der Waals surface area contributed by atoms with Gasteiger partial charge in [0.2, 0.25) is 0 Å². The summed E-state index contributed by atoms with van der Waals surface area (Å²) in [6.07, 6.45) is 9.90. The molecular formula is C59H74Cl2N18O11. The van der Waals surface area contributed by atoms with Crippen LogP contribution in [0.1, 0.15) is 122 Å². The third kappa shape index (κ3) is 17.8. The minimum Gasteiger partial charge on any atom is -0.476 e. The molecule has 29 nitrogen and oxygen atoms in total. The van der Waals surface area contributed by atoms with E-state index in [9.17, 15) is 33.6 Å². The van der Waals surface area contributed by atoms with Crippen LogP contribution in [0.5, 0.6) is 0 Å². The fourth-order valence-corrected chi connectivity index (χ4v) is 9.36. The van der Waals surface area contributed by atoms with Gasteiger partial charge in [-0.05, 0) is 97.1 Å². The van der Waals surface area contributed by atoms with Gasteiger partial charge >= 0.3 is 24.2 Å². The van der Waals surface area contributed by atoms with Gasteiger partial charge in [-0.3, -0.25) is 29.3 Å². The van der Waals surface area contributed by atoms with Gasteiger partial charge in [-0.15, -0.1) is 4.68 Å². The maximum absolute atomic E-state index is 13.3. The fourth-order valence-electron chi connectivity index (χ4n) is 9.17. The highest BCUT2D eigenvalue weighted by Gasteiger charge is 2.47. The number of aromatic carboxylic acids is 1. The molecule has 2 aromatic carbocycles. The number of anilines is 2. The number of carboxylic acids is 1. The first kappa shape index (κ1) is 69.4. The van der Waals surface area contributed by atoms with E-state index in [0.29, 0.717) is 41.6 Å². The molecule has 0 fully saturated rings. The Balaban J connectivity index is 0.000000203. The van der Waals surface area contributed by atoms with Crippen LogP contribution in [0, 0.1) is 0 Å². The number of fused-ring (bicyclic) bond motifs is 2. The number of ether oxygens (including phenoxy) is 3. The van der Waals surface area contributed by atoms with E-state index in [2.05, 4.69) is 40.5 Å². The summed E-state index contributed by atoms with van der Waals surface area (Å²) >= 11 is 10.2. The van der Waals surface area contributed by atoms with Crippen LogP contribution in [0.15, 0.2) is 111 Å². The zero-order valence-electron chi connectivity index (χ0n) is 52.2. The Morgan fingerprint density at radius 1 is 0.633 bits per heavy atom. The minimum absolute atomic E-state index is 0.0810. The summed E-state index contributed by atoms with van der Waals surface area (Å²) in [6.45, 7) is 11.1. The number of nitrogens with two attached hydrogens (primary N) is 1. The largest absolute Gasteiger partial charge is 0.476 e. The molecule has 90 heavy (non-hydrogen) atoms. The standard InChI is InChI=1S/C23H29N7O3.C21H29N5O4.2C5H5ClN2O.C5H6N2O2/c1-23(2)19-16(20(27-26-19)25-21(31)17-12-29(5)14-24-17)11-30(23)22(32)33-18(13-28(3)4)15-9-7-6-8-10-15;1-6-29-20(28)26-18(22)15-12-25(21(2,3)17(15)23-26)19(27)30-16(13-24(4)5)14-10-8-7-9-11-14;2*1-8-2-4(5(6)9)7-3-8;1-7-2-4(5(8)9)6-3-7/h6-10,12,14,18H,11,13H2,1-5H3,(H2,25,26,27,31);7-11,16H,6,12-13,22H2,1-5H3;2*2-3H,1H3;2-3H,1H3,(H,8,9)/t18-;16-;;;/m11.../s1. The third-order valence-electron chi connectivity index (χ3n) is 13.7. The molecule has 10 rings (SSSR count). The number of hydrogen-bond acceptors (Lipinski definition) is 19. The molecule has 5 N–H and O–H groups in total. The number of halogens is 2. The molecule has 0 radical (unpaired) electrons. The number of likely N-dealkylation sites (N-methyl/N-ethyl adjacent to an activating group) is 2. The average Bonchev–Trinajstić information content (AvgIpc) is 1.63. The van der Waals surface area contributed by atoms with E-state index in [1.54, 1.807) is 88.1 Å². The second kappa shape index (κ2) is 30.5. The quantitative estimate of drug-likeness (QED) is 0.0602. The lowest BCUT2D eigenvalue weighted by atomic mass is 10.0. The second-order valence-electron chi connectivity index (χ2n) is 22.1. The topological polar surface area (TPSA) is 336 Å². The summed E-state index contributed by atoms with van der Waals surface area (Å²) in [5, 5.41) is 21.7. The molecular weight excluding hydrogens is 1210 g/mol. The number of carboxylic acid groups (broad SMARTS) is 1. The van der Waals surface area contributed by atoms with E-state index in [4.69, 9.17) is 48.3 Å². The molecule has 2 aliphatic rings. The molecule has 2 aliphatic heterocycles. The highest BCUT2D eigenvalue weighted by molar-refractivity contribution is 6.67. The number of carbonyl (C=O) groups excluding carboxylic acids is 6. The number of nitrogen functional groups attached to an aromatic ring is 1. The Bertz CT molecular complexity index is 3650. The van der Waals surface area contributed by atoms with Crippen molar-refractivity contribution in [3.8, 4) is 0 Å². The van der Waals surface area contributed by atoms with Gasteiger partial charge in [-0.2, -0.15) is 10.2 Å². The van der Waals surface area contributed by atoms with E-state index in [1.165, 1.54) is 25.2 Å². The lowest BCUT2D eigenvalue weighted by Crippen LogP contribution is -2.42.